The quantitative estimate of drug-likeness (QED) is 0.483. The summed E-state index contributed by atoms with van der Waals surface area (Å²) in [5.74, 6) is -3.07. The van der Waals surface area contributed by atoms with E-state index in [-0.39, 0.29) is 6.54 Å². The molecular weight excluding hydrogens is 433 g/mol. The van der Waals surface area contributed by atoms with Crippen LogP contribution in [0, 0.1) is 11.7 Å². The number of carbonyl (C=O) groups is 3. The highest BCUT2D eigenvalue weighted by atomic mass is 32.2. The minimum Gasteiger partial charge on any atom is -0.467 e. The summed E-state index contributed by atoms with van der Waals surface area (Å²) in [5, 5.41) is 4.32. The van der Waals surface area contributed by atoms with Crippen LogP contribution in [0.3, 0.4) is 0 Å². The van der Waals surface area contributed by atoms with E-state index < -0.39 is 57.2 Å². The molecule has 3 amide bonds. The van der Waals surface area contributed by atoms with Crippen LogP contribution in [0.2, 0.25) is 0 Å². The first kappa shape index (κ1) is 24.0. The van der Waals surface area contributed by atoms with E-state index in [9.17, 15) is 27.2 Å². The molecule has 3 N–H and O–H groups in total. The molecule has 12 heteroatoms. The number of carbonyl (C=O) groups excluding carboxylic acids is 3. The third-order valence-electron chi connectivity index (χ3n) is 3.93. The van der Waals surface area contributed by atoms with Crippen LogP contribution >= 0.6 is 0 Å². The Hall–Kier alpha value is -3.25. The number of rotatable bonds is 9. The minimum atomic E-state index is -4.37. The summed E-state index contributed by atoms with van der Waals surface area (Å²) in [6.45, 7) is 2.30. The topological polar surface area (TPSA) is 144 Å². The molecule has 0 aliphatic carbocycles. The molecular formula is C19H22FN3O7S. The highest BCUT2D eigenvalue weighted by Gasteiger charge is 2.31. The molecule has 0 unspecified atom stereocenters. The van der Waals surface area contributed by atoms with Gasteiger partial charge in [-0.25, -0.2) is 17.6 Å². The molecule has 2 rings (SSSR count). The largest absolute Gasteiger partial charge is 0.467 e. The number of hydrogen-bond acceptors (Lipinski definition) is 7. The average Bonchev–Trinajstić information content (AvgIpc) is 3.22. The molecule has 0 fully saturated rings. The molecule has 1 aromatic carbocycles. The molecule has 10 nitrogen and oxygen atoms in total. The second-order valence-corrected chi connectivity index (χ2v) is 8.37. The summed E-state index contributed by atoms with van der Waals surface area (Å²) in [6, 6.07) is 5.72. The van der Waals surface area contributed by atoms with Crippen LogP contribution in [0.4, 0.5) is 9.18 Å². The van der Waals surface area contributed by atoms with Crippen molar-refractivity contribution in [3.05, 3.63) is 54.2 Å². The summed E-state index contributed by atoms with van der Waals surface area (Å²) in [4.78, 5) is 35.2. The molecule has 1 atom stereocenters. The molecule has 31 heavy (non-hydrogen) atoms. The number of imide groups is 1. The first-order valence-electron chi connectivity index (χ1n) is 9.13. The second-order valence-electron chi connectivity index (χ2n) is 6.69. The average molecular weight is 455 g/mol. The Morgan fingerprint density at radius 2 is 1.84 bits per heavy atom. The third-order valence-corrected chi connectivity index (χ3v) is 5.40. The lowest BCUT2D eigenvalue weighted by Crippen LogP contribution is -2.47. The predicted octanol–water partition coefficient (Wildman–Crippen LogP) is 1.29. The lowest BCUT2D eigenvalue weighted by molar-refractivity contribution is -0.150. The number of furan rings is 1. The van der Waals surface area contributed by atoms with Crippen molar-refractivity contribution in [2.24, 2.45) is 5.92 Å². The van der Waals surface area contributed by atoms with Gasteiger partial charge in [0.2, 0.25) is 10.0 Å². The Kier molecular flexibility index (Phi) is 8.28. The molecule has 2 aromatic rings. The molecule has 0 aliphatic heterocycles. The maximum absolute atomic E-state index is 13.8. The van der Waals surface area contributed by atoms with E-state index in [4.69, 9.17) is 9.15 Å². The van der Waals surface area contributed by atoms with E-state index >= 15 is 0 Å². The van der Waals surface area contributed by atoms with Gasteiger partial charge in [-0.05, 0) is 30.2 Å². The maximum Gasteiger partial charge on any atom is 0.324 e. The molecule has 0 aliphatic rings. The Morgan fingerprint density at radius 1 is 1.13 bits per heavy atom. The Morgan fingerprint density at radius 3 is 2.45 bits per heavy atom. The van der Waals surface area contributed by atoms with E-state index in [0.717, 1.165) is 12.1 Å². The summed E-state index contributed by atoms with van der Waals surface area (Å²) in [7, 11) is -4.37. The van der Waals surface area contributed by atoms with Gasteiger partial charge >= 0.3 is 12.0 Å². The van der Waals surface area contributed by atoms with Gasteiger partial charge < -0.3 is 14.5 Å². The molecule has 0 radical (unpaired) electrons. The van der Waals surface area contributed by atoms with Gasteiger partial charge in [0.1, 0.15) is 22.5 Å². The van der Waals surface area contributed by atoms with Crippen molar-refractivity contribution < 1.29 is 36.3 Å². The van der Waals surface area contributed by atoms with Gasteiger partial charge in [0.25, 0.3) is 5.91 Å². The fourth-order valence-electron chi connectivity index (χ4n) is 2.36. The van der Waals surface area contributed by atoms with E-state index in [2.05, 4.69) is 10.0 Å². The van der Waals surface area contributed by atoms with E-state index in [1.807, 2.05) is 5.32 Å². The van der Waals surface area contributed by atoms with Crippen molar-refractivity contribution in [2.75, 3.05) is 6.61 Å². The van der Waals surface area contributed by atoms with Crippen LogP contribution in [0.5, 0.6) is 0 Å². The highest BCUT2D eigenvalue weighted by molar-refractivity contribution is 7.89. The number of esters is 1. The highest BCUT2D eigenvalue weighted by Crippen LogP contribution is 2.16. The monoisotopic (exact) mass is 455 g/mol. The minimum absolute atomic E-state index is 0.0408. The molecule has 1 aromatic heterocycles. The Bertz CT molecular complexity index is 1020. The number of urea groups is 1. The SMILES string of the molecule is CC(C)[C@H](NS(=O)(=O)c1ccccc1F)C(=O)OCC(=O)NC(=O)NCc1ccco1. The lowest BCUT2D eigenvalue weighted by atomic mass is 10.1. The van der Waals surface area contributed by atoms with Gasteiger partial charge in [0, 0.05) is 0 Å². The van der Waals surface area contributed by atoms with Gasteiger partial charge in [-0.2, -0.15) is 4.72 Å². The van der Waals surface area contributed by atoms with E-state index in [1.54, 1.807) is 12.1 Å². The third kappa shape index (κ3) is 7.19. The molecule has 0 saturated heterocycles. The molecule has 0 saturated carbocycles. The van der Waals surface area contributed by atoms with Gasteiger partial charge in [-0.3, -0.25) is 14.9 Å². The lowest BCUT2D eigenvalue weighted by Gasteiger charge is -2.20. The Labute approximate surface area is 178 Å². The van der Waals surface area contributed by atoms with Crippen molar-refractivity contribution >= 4 is 27.9 Å². The van der Waals surface area contributed by atoms with Gasteiger partial charge in [-0.1, -0.05) is 26.0 Å². The molecule has 0 bridgehead atoms. The summed E-state index contributed by atoms with van der Waals surface area (Å²) >= 11 is 0. The normalized spacial score (nSPS) is 12.3. The number of hydrogen-bond donors (Lipinski definition) is 3. The van der Waals surface area contributed by atoms with Crippen LogP contribution in [0.25, 0.3) is 0 Å². The second kappa shape index (κ2) is 10.7. The molecule has 1 heterocycles. The summed E-state index contributed by atoms with van der Waals surface area (Å²) in [6.07, 6.45) is 1.42. The first-order chi connectivity index (χ1) is 14.6. The number of benzene rings is 1. The van der Waals surface area contributed by atoms with E-state index in [1.165, 1.54) is 32.2 Å². The number of amides is 3. The number of sulfonamides is 1. The molecule has 0 spiro atoms. The van der Waals surface area contributed by atoms with Crippen molar-refractivity contribution in [3.63, 3.8) is 0 Å². The zero-order valence-corrected chi connectivity index (χ0v) is 17.6. The summed E-state index contributed by atoms with van der Waals surface area (Å²) in [5.41, 5.74) is 0. The fraction of sp³-hybridized carbons (Fsp3) is 0.316. The Balaban J connectivity index is 1.89. The van der Waals surface area contributed by atoms with Crippen molar-refractivity contribution in [1.82, 2.24) is 15.4 Å². The van der Waals surface area contributed by atoms with E-state index in [0.29, 0.717) is 5.76 Å². The summed E-state index contributed by atoms with van der Waals surface area (Å²) < 4.78 is 50.6. The van der Waals surface area contributed by atoms with Gasteiger partial charge in [0.15, 0.2) is 6.61 Å². The fourth-order valence-corrected chi connectivity index (χ4v) is 3.78. The number of ether oxygens (including phenoxy) is 1. The maximum atomic E-state index is 13.8. The van der Waals surface area contributed by atoms with Crippen molar-refractivity contribution in [2.45, 2.75) is 31.3 Å². The van der Waals surface area contributed by atoms with Crippen molar-refractivity contribution in [3.8, 4) is 0 Å². The van der Waals surface area contributed by atoms with Crippen LogP contribution in [-0.4, -0.2) is 39.0 Å². The van der Waals surface area contributed by atoms with Gasteiger partial charge in [-0.15, -0.1) is 0 Å². The predicted molar refractivity (Wildman–Crippen MR) is 105 cm³/mol. The standard InChI is InChI=1S/C19H22FN3O7S/c1-12(2)17(23-31(27,28)15-8-4-3-7-14(15)20)18(25)30-11-16(24)22-19(26)21-10-13-6-5-9-29-13/h3-9,12,17,23H,10-11H2,1-2H3,(H2,21,22,24,26)/t17-/m0/s1. The van der Waals surface area contributed by atoms with Gasteiger partial charge in [0.05, 0.1) is 12.8 Å². The van der Waals surface area contributed by atoms with Crippen LogP contribution in [-0.2, 0) is 30.9 Å². The van der Waals surface area contributed by atoms with Crippen LogP contribution in [0.15, 0.2) is 52.0 Å². The van der Waals surface area contributed by atoms with Crippen LogP contribution < -0.4 is 15.4 Å². The molecule has 168 valence electrons. The van der Waals surface area contributed by atoms with Crippen LogP contribution in [0.1, 0.15) is 19.6 Å². The smallest absolute Gasteiger partial charge is 0.324 e. The zero-order chi connectivity index (χ0) is 23.0. The first-order valence-corrected chi connectivity index (χ1v) is 10.6. The zero-order valence-electron chi connectivity index (χ0n) is 16.8. The van der Waals surface area contributed by atoms with Crippen molar-refractivity contribution in [1.29, 1.82) is 0 Å². The number of nitrogens with one attached hydrogen (secondary N) is 3. The number of halogens is 1.